The van der Waals surface area contributed by atoms with E-state index in [4.69, 9.17) is 0 Å². The maximum atomic E-state index is 11.4. The molecule has 9 heteroatoms. The zero-order valence-electron chi connectivity index (χ0n) is 11.5. The molecule has 0 saturated heterocycles. The van der Waals surface area contributed by atoms with Gasteiger partial charge in [0.25, 0.3) is 0 Å². The molecule has 2 aromatic rings. The number of hydrogen-bond donors (Lipinski definition) is 1. The Labute approximate surface area is 120 Å². The van der Waals surface area contributed by atoms with E-state index in [1.54, 1.807) is 6.20 Å². The van der Waals surface area contributed by atoms with Gasteiger partial charge in [-0.05, 0) is 33.8 Å². The van der Waals surface area contributed by atoms with E-state index in [1.165, 1.54) is 16.2 Å². The van der Waals surface area contributed by atoms with Crippen molar-refractivity contribution in [3.63, 3.8) is 0 Å². The minimum absolute atomic E-state index is 0.0801. The lowest BCUT2D eigenvalue weighted by Crippen LogP contribution is -2.26. The zero-order valence-corrected chi connectivity index (χ0v) is 12.3. The van der Waals surface area contributed by atoms with Gasteiger partial charge < -0.3 is 5.11 Å². The van der Waals surface area contributed by atoms with Gasteiger partial charge in [0, 0.05) is 0 Å². The van der Waals surface area contributed by atoms with Gasteiger partial charge in [0.05, 0.1) is 18.7 Å². The molecule has 0 aromatic carbocycles. The van der Waals surface area contributed by atoms with Crippen molar-refractivity contribution in [3.05, 3.63) is 6.20 Å². The van der Waals surface area contributed by atoms with Crippen molar-refractivity contribution in [1.29, 1.82) is 0 Å². The van der Waals surface area contributed by atoms with Crippen LogP contribution in [0.4, 0.5) is 0 Å². The van der Waals surface area contributed by atoms with Crippen molar-refractivity contribution >= 4 is 17.5 Å². The van der Waals surface area contributed by atoms with Gasteiger partial charge in [0.2, 0.25) is 0 Å². The summed E-state index contributed by atoms with van der Waals surface area (Å²) in [6.07, 6.45) is 2.11. The monoisotopic (exact) mass is 296 g/mol. The van der Waals surface area contributed by atoms with Gasteiger partial charge in [0.1, 0.15) is 4.88 Å². The van der Waals surface area contributed by atoms with E-state index in [0.29, 0.717) is 12.2 Å². The third-order valence-corrected chi connectivity index (χ3v) is 3.38. The molecular formula is C11H16N6O2S. The number of carboxylic acid groups (broad SMARTS) is 1. The van der Waals surface area contributed by atoms with E-state index in [0.717, 1.165) is 4.88 Å². The smallest absolute Gasteiger partial charge is 0.308 e. The summed E-state index contributed by atoms with van der Waals surface area (Å²) in [7, 11) is 0. The van der Waals surface area contributed by atoms with Crippen LogP contribution in [0.15, 0.2) is 6.20 Å². The molecule has 0 aliphatic heterocycles. The van der Waals surface area contributed by atoms with E-state index in [1.807, 2.05) is 20.8 Å². The fraction of sp³-hybridized carbons (Fsp3) is 0.636. The highest BCUT2D eigenvalue weighted by atomic mass is 32.1. The fourth-order valence-corrected chi connectivity index (χ4v) is 2.45. The number of rotatable bonds is 5. The molecule has 1 atom stereocenters. The molecule has 2 heterocycles. The zero-order chi connectivity index (χ0) is 14.8. The van der Waals surface area contributed by atoms with Crippen LogP contribution in [0.25, 0.3) is 10.7 Å². The SMILES string of the molecule is CC(C)(C)CC(Cn1nnnc1-c1cnns1)C(=O)O. The molecule has 2 aromatic heterocycles. The standard InChI is InChI=1S/C11H16N6O2S/c1-11(2,3)4-7(10(18)19)6-17-9(13-14-15-17)8-5-12-16-20-8/h5,7H,4,6H2,1-3H3,(H,18,19). The molecule has 0 radical (unpaired) electrons. The average Bonchev–Trinajstić information content (AvgIpc) is 2.94. The normalized spacial score (nSPS) is 13.3. The Morgan fingerprint density at radius 2 is 2.25 bits per heavy atom. The average molecular weight is 296 g/mol. The van der Waals surface area contributed by atoms with Gasteiger partial charge in [-0.15, -0.1) is 10.2 Å². The number of aromatic nitrogens is 6. The summed E-state index contributed by atoms with van der Waals surface area (Å²) in [5.74, 6) is -0.887. The molecule has 8 nitrogen and oxygen atoms in total. The second-order valence-electron chi connectivity index (χ2n) is 5.77. The van der Waals surface area contributed by atoms with Crippen molar-refractivity contribution < 1.29 is 9.90 Å². The topological polar surface area (TPSA) is 107 Å². The molecule has 0 aliphatic rings. The van der Waals surface area contributed by atoms with Crippen LogP contribution in [-0.4, -0.2) is 40.9 Å². The molecular weight excluding hydrogens is 280 g/mol. The number of carbonyl (C=O) groups is 1. The number of aliphatic carboxylic acids is 1. The second-order valence-corrected chi connectivity index (χ2v) is 6.55. The Hall–Kier alpha value is -1.90. The summed E-state index contributed by atoms with van der Waals surface area (Å²) in [5.41, 5.74) is -0.0801. The minimum Gasteiger partial charge on any atom is -0.481 e. The van der Waals surface area contributed by atoms with Crippen molar-refractivity contribution in [2.45, 2.75) is 33.7 Å². The lowest BCUT2D eigenvalue weighted by molar-refractivity contribution is -0.143. The summed E-state index contributed by atoms with van der Waals surface area (Å²) in [4.78, 5) is 12.1. The predicted molar refractivity (Wildman–Crippen MR) is 71.9 cm³/mol. The molecule has 20 heavy (non-hydrogen) atoms. The van der Waals surface area contributed by atoms with Crippen LogP contribution in [0, 0.1) is 11.3 Å². The first-order valence-electron chi connectivity index (χ1n) is 6.13. The highest BCUT2D eigenvalue weighted by Crippen LogP contribution is 2.27. The van der Waals surface area contributed by atoms with Crippen LogP contribution in [0.2, 0.25) is 0 Å². The first-order valence-corrected chi connectivity index (χ1v) is 6.91. The van der Waals surface area contributed by atoms with Gasteiger partial charge in [0.15, 0.2) is 5.82 Å². The second kappa shape index (κ2) is 5.61. The summed E-state index contributed by atoms with van der Waals surface area (Å²) in [5, 5.41) is 24.5. The molecule has 0 fully saturated rings. The van der Waals surface area contributed by atoms with Crippen LogP contribution in [-0.2, 0) is 11.3 Å². The molecule has 108 valence electrons. The van der Waals surface area contributed by atoms with Crippen LogP contribution < -0.4 is 0 Å². The van der Waals surface area contributed by atoms with Crippen molar-refractivity contribution in [2.24, 2.45) is 11.3 Å². The van der Waals surface area contributed by atoms with Crippen molar-refractivity contribution in [2.75, 3.05) is 0 Å². The fourth-order valence-electron chi connectivity index (χ4n) is 1.95. The first-order chi connectivity index (χ1) is 9.37. The largest absolute Gasteiger partial charge is 0.481 e. The highest BCUT2D eigenvalue weighted by Gasteiger charge is 2.26. The Balaban J connectivity index is 2.20. The van der Waals surface area contributed by atoms with E-state index >= 15 is 0 Å². The number of carboxylic acids is 1. The summed E-state index contributed by atoms with van der Waals surface area (Å²) >= 11 is 1.17. The van der Waals surface area contributed by atoms with E-state index in [2.05, 4.69) is 25.1 Å². The number of hydrogen-bond acceptors (Lipinski definition) is 7. The lowest BCUT2D eigenvalue weighted by atomic mass is 9.84. The van der Waals surface area contributed by atoms with Gasteiger partial charge in [-0.3, -0.25) is 4.79 Å². The molecule has 2 rings (SSSR count). The Bertz CT molecular complexity index is 574. The van der Waals surface area contributed by atoms with E-state index < -0.39 is 11.9 Å². The summed E-state index contributed by atoms with van der Waals surface area (Å²) < 4.78 is 5.26. The van der Waals surface area contributed by atoms with Crippen molar-refractivity contribution in [1.82, 2.24) is 29.8 Å². The Morgan fingerprint density at radius 3 is 2.80 bits per heavy atom. The van der Waals surface area contributed by atoms with Crippen LogP contribution in [0.1, 0.15) is 27.2 Å². The van der Waals surface area contributed by atoms with Crippen LogP contribution in [0.5, 0.6) is 0 Å². The predicted octanol–water partition coefficient (Wildman–Crippen LogP) is 1.33. The van der Waals surface area contributed by atoms with Crippen molar-refractivity contribution in [3.8, 4) is 10.7 Å². The summed E-state index contributed by atoms with van der Waals surface area (Å²) in [6.45, 7) is 6.26. The van der Waals surface area contributed by atoms with Crippen LogP contribution >= 0.6 is 11.5 Å². The maximum absolute atomic E-state index is 11.4. The molecule has 1 unspecified atom stereocenters. The van der Waals surface area contributed by atoms with Gasteiger partial charge in [-0.25, -0.2) is 4.68 Å². The van der Waals surface area contributed by atoms with Gasteiger partial charge >= 0.3 is 5.97 Å². The molecule has 0 spiro atoms. The quantitative estimate of drug-likeness (QED) is 0.886. The van der Waals surface area contributed by atoms with E-state index in [9.17, 15) is 9.90 Å². The molecule has 0 aliphatic carbocycles. The third kappa shape index (κ3) is 3.56. The molecule has 1 N–H and O–H groups in total. The Kier molecular flexibility index (Phi) is 4.07. The minimum atomic E-state index is -0.844. The molecule has 0 bridgehead atoms. The van der Waals surface area contributed by atoms with Gasteiger partial charge in [-0.2, -0.15) is 0 Å². The highest BCUT2D eigenvalue weighted by molar-refractivity contribution is 7.09. The third-order valence-electron chi connectivity index (χ3n) is 2.71. The lowest BCUT2D eigenvalue weighted by Gasteiger charge is -2.23. The molecule has 0 amide bonds. The van der Waals surface area contributed by atoms with Crippen LogP contribution in [0.3, 0.4) is 0 Å². The van der Waals surface area contributed by atoms with Gasteiger partial charge in [-0.1, -0.05) is 25.3 Å². The number of tetrazole rings is 1. The van der Waals surface area contributed by atoms with E-state index in [-0.39, 0.29) is 12.0 Å². The first kappa shape index (κ1) is 14.5. The maximum Gasteiger partial charge on any atom is 0.308 e. The number of nitrogens with zero attached hydrogens (tertiary/aromatic N) is 6. The molecule has 0 saturated carbocycles. The Morgan fingerprint density at radius 1 is 1.50 bits per heavy atom. The summed E-state index contributed by atoms with van der Waals surface area (Å²) in [6, 6.07) is 0.